The smallest absolute Gasteiger partial charge is 0.217 e. The molecule has 0 spiro atoms. The third-order valence-electron chi connectivity index (χ3n) is 3.20. The zero-order chi connectivity index (χ0) is 12.6. The van der Waals surface area contributed by atoms with Gasteiger partial charge in [-0.25, -0.2) is 4.98 Å². The third-order valence-corrected chi connectivity index (χ3v) is 3.76. The van der Waals surface area contributed by atoms with Crippen molar-refractivity contribution in [3.05, 3.63) is 12.3 Å². The van der Waals surface area contributed by atoms with E-state index in [4.69, 9.17) is 4.74 Å². The molecular formula is C13H21N3OS. The Morgan fingerprint density at radius 1 is 1.56 bits per heavy atom. The molecule has 2 heterocycles. The molecule has 1 N–H and O–H groups in total. The molecule has 0 amide bonds. The maximum atomic E-state index is 5.65. The van der Waals surface area contributed by atoms with Gasteiger partial charge in [0.15, 0.2) is 5.16 Å². The number of rotatable bonds is 6. The van der Waals surface area contributed by atoms with Crippen LogP contribution in [0.2, 0.25) is 0 Å². The first-order chi connectivity index (χ1) is 8.88. The number of hydrogen-bond acceptors (Lipinski definition) is 5. The Kier molecular flexibility index (Phi) is 5.74. The van der Waals surface area contributed by atoms with E-state index in [1.54, 1.807) is 6.20 Å². The fraction of sp³-hybridized carbons (Fsp3) is 0.692. The van der Waals surface area contributed by atoms with E-state index in [0.717, 1.165) is 24.1 Å². The van der Waals surface area contributed by atoms with Crippen molar-refractivity contribution in [3.8, 4) is 5.88 Å². The number of aromatic nitrogens is 2. The van der Waals surface area contributed by atoms with Crippen molar-refractivity contribution < 1.29 is 4.74 Å². The van der Waals surface area contributed by atoms with Crippen LogP contribution in [0.4, 0.5) is 0 Å². The minimum atomic E-state index is 0.691. The molecule has 1 fully saturated rings. The normalized spacial score (nSPS) is 19.7. The van der Waals surface area contributed by atoms with Crippen molar-refractivity contribution in [1.82, 2.24) is 15.3 Å². The van der Waals surface area contributed by atoms with Crippen LogP contribution < -0.4 is 10.1 Å². The first-order valence-electron chi connectivity index (χ1n) is 6.59. The van der Waals surface area contributed by atoms with Crippen molar-refractivity contribution in [1.29, 1.82) is 0 Å². The summed E-state index contributed by atoms with van der Waals surface area (Å²) in [4.78, 5) is 8.42. The highest BCUT2D eigenvalue weighted by atomic mass is 32.2. The Labute approximate surface area is 113 Å². The van der Waals surface area contributed by atoms with E-state index in [1.807, 2.05) is 12.3 Å². The highest BCUT2D eigenvalue weighted by molar-refractivity contribution is 7.98. The molecule has 0 saturated carbocycles. The molecule has 0 radical (unpaired) electrons. The summed E-state index contributed by atoms with van der Waals surface area (Å²) >= 11 is 1.53. The Hall–Kier alpha value is -0.810. The van der Waals surface area contributed by atoms with E-state index < -0.39 is 0 Å². The monoisotopic (exact) mass is 267 g/mol. The predicted molar refractivity (Wildman–Crippen MR) is 74.1 cm³/mol. The second-order valence-corrected chi connectivity index (χ2v) is 5.36. The van der Waals surface area contributed by atoms with Gasteiger partial charge in [-0.15, -0.1) is 0 Å². The van der Waals surface area contributed by atoms with Crippen molar-refractivity contribution in [2.24, 2.45) is 5.92 Å². The molecule has 1 atom stereocenters. The van der Waals surface area contributed by atoms with Crippen molar-refractivity contribution in [3.63, 3.8) is 0 Å². The van der Waals surface area contributed by atoms with Crippen molar-refractivity contribution in [2.75, 3.05) is 26.0 Å². The van der Waals surface area contributed by atoms with E-state index in [2.05, 4.69) is 15.3 Å². The van der Waals surface area contributed by atoms with Gasteiger partial charge in [-0.3, -0.25) is 0 Å². The summed E-state index contributed by atoms with van der Waals surface area (Å²) in [5.74, 6) is 1.52. The van der Waals surface area contributed by atoms with Gasteiger partial charge in [0.25, 0.3) is 0 Å². The summed E-state index contributed by atoms with van der Waals surface area (Å²) in [6, 6.07) is 1.82. The average Bonchev–Trinajstić information content (AvgIpc) is 2.45. The molecule has 0 unspecified atom stereocenters. The minimum Gasteiger partial charge on any atom is -0.478 e. The molecule has 2 rings (SSSR count). The van der Waals surface area contributed by atoms with Crippen LogP contribution in [0.25, 0.3) is 0 Å². The van der Waals surface area contributed by atoms with Crippen LogP contribution in [0, 0.1) is 5.92 Å². The highest BCUT2D eigenvalue weighted by Gasteiger charge is 2.12. The number of hydrogen-bond donors (Lipinski definition) is 1. The Morgan fingerprint density at radius 2 is 2.50 bits per heavy atom. The predicted octanol–water partition coefficient (Wildman–Crippen LogP) is 2.36. The molecule has 0 bridgehead atoms. The zero-order valence-electron chi connectivity index (χ0n) is 10.9. The minimum absolute atomic E-state index is 0.691. The largest absolute Gasteiger partial charge is 0.478 e. The number of ether oxygens (including phenoxy) is 1. The van der Waals surface area contributed by atoms with Gasteiger partial charge in [-0.1, -0.05) is 11.8 Å². The van der Waals surface area contributed by atoms with E-state index in [0.29, 0.717) is 5.88 Å². The second-order valence-electron chi connectivity index (χ2n) is 4.58. The van der Waals surface area contributed by atoms with Gasteiger partial charge in [0.2, 0.25) is 5.88 Å². The van der Waals surface area contributed by atoms with Crippen LogP contribution in [-0.2, 0) is 0 Å². The number of piperidine rings is 1. The average molecular weight is 267 g/mol. The maximum absolute atomic E-state index is 5.65. The van der Waals surface area contributed by atoms with Crippen LogP contribution in [0.1, 0.15) is 25.7 Å². The summed E-state index contributed by atoms with van der Waals surface area (Å²) < 4.78 is 5.65. The topological polar surface area (TPSA) is 47.0 Å². The van der Waals surface area contributed by atoms with Gasteiger partial charge in [-0.2, -0.15) is 4.98 Å². The van der Waals surface area contributed by atoms with Gasteiger partial charge in [-0.05, 0) is 50.9 Å². The summed E-state index contributed by atoms with van der Waals surface area (Å²) in [6.45, 7) is 3.11. The number of thioether (sulfide) groups is 1. The summed E-state index contributed by atoms with van der Waals surface area (Å²) in [5.41, 5.74) is 0. The number of nitrogens with one attached hydrogen (secondary N) is 1. The highest BCUT2D eigenvalue weighted by Crippen LogP contribution is 2.17. The zero-order valence-corrected chi connectivity index (χ0v) is 11.7. The Bertz CT molecular complexity index is 356. The van der Waals surface area contributed by atoms with Crippen LogP contribution in [0.15, 0.2) is 17.4 Å². The van der Waals surface area contributed by atoms with Gasteiger partial charge >= 0.3 is 0 Å². The first-order valence-corrected chi connectivity index (χ1v) is 7.81. The molecule has 18 heavy (non-hydrogen) atoms. The lowest BCUT2D eigenvalue weighted by atomic mass is 9.95. The van der Waals surface area contributed by atoms with Crippen molar-refractivity contribution in [2.45, 2.75) is 30.8 Å². The van der Waals surface area contributed by atoms with Gasteiger partial charge in [0.1, 0.15) is 0 Å². The molecule has 4 nitrogen and oxygen atoms in total. The Balaban J connectivity index is 1.65. The second kappa shape index (κ2) is 7.59. The maximum Gasteiger partial charge on any atom is 0.217 e. The molecule has 0 aromatic carbocycles. The molecule has 1 aromatic heterocycles. The van der Waals surface area contributed by atoms with E-state index >= 15 is 0 Å². The van der Waals surface area contributed by atoms with Crippen molar-refractivity contribution >= 4 is 11.8 Å². The van der Waals surface area contributed by atoms with E-state index in [1.165, 1.54) is 44.1 Å². The standard InChI is InChI=1S/C13H21N3OS/c1-18-13-15-8-6-12(16-13)17-9-3-5-11-4-2-7-14-10-11/h6,8,11,14H,2-5,7,9-10H2,1H3/t11-/m0/s1. The molecule has 1 aromatic rings. The van der Waals surface area contributed by atoms with Crippen LogP contribution in [-0.4, -0.2) is 35.9 Å². The molecule has 1 saturated heterocycles. The lowest BCUT2D eigenvalue weighted by Crippen LogP contribution is -2.29. The lowest BCUT2D eigenvalue weighted by molar-refractivity contribution is 0.266. The van der Waals surface area contributed by atoms with Crippen LogP contribution in [0.5, 0.6) is 5.88 Å². The molecule has 1 aliphatic rings. The molecular weight excluding hydrogens is 246 g/mol. The third kappa shape index (κ3) is 4.46. The Morgan fingerprint density at radius 3 is 3.28 bits per heavy atom. The van der Waals surface area contributed by atoms with Gasteiger partial charge in [0.05, 0.1) is 6.61 Å². The van der Waals surface area contributed by atoms with E-state index in [9.17, 15) is 0 Å². The van der Waals surface area contributed by atoms with E-state index in [-0.39, 0.29) is 0 Å². The molecule has 100 valence electrons. The molecule has 5 heteroatoms. The summed E-state index contributed by atoms with van der Waals surface area (Å²) in [7, 11) is 0. The molecule has 1 aliphatic heterocycles. The SMILES string of the molecule is CSc1nccc(OCCC[C@@H]2CCCNC2)n1. The summed E-state index contributed by atoms with van der Waals surface area (Å²) in [5, 5.41) is 4.21. The first kappa shape index (κ1) is 13.6. The van der Waals surface area contributed by atoms with Crippen LogP contribution in [0.3, 0.4) is 0 Å². The quantitative estimate of drug-likeness (QED) is 0.487. The fourth-order valence-electron chi connectivity index (χ4n) is 2.22. The van der Waals surface area contributed by atoms with Gasteiger partial charge < -0.3 is 10.1 Å². The van der Waals surface area contributed by atoms with Gasteiger partial charge in [0, 0.05) is 12.3 Å². The number of nitrogens with zero attached hydrogens (tertiary/aromatic N) is 2. The summed E-state index contributed by atoms with van der Waals surface area (Å²) in [6.07, 6.45) is 8.73. The van der Waals surface area contributed by atoms with Crippen LogP contribution >= 0.6 is 11.8 Å². The molecule has 0 aliphatic carbocycles. The lowest BCUT2D eigenvalue weighted by Gasteiger charge is -2.22. The fourth-order valence-corrected chi connectivity index (χ4v) is 2.57.